The zero-order valence-corrected chi connectivity index (χ0v) is 12.6. The lowest BCUT2D eigenvalue weighted by atomic mass is 10.1. The highest BCUT2D eigenvalue weighted by molar-refractivity contribution is 7.15. The maximum Gasteiger partial charge on any atom is 0.124 e. The molecule has 0 radical (unpaired) electrons. The van der Waals surface area contributed by atoms with Crippen LogP contribution in [0.15, 0.2) is 24.3 Å². The normalized spacial score (nSPS) is 11.8. The highest BCUT2D eigenvalue weighted by atomic mass is 32.1. The molecule has 0 aliphatic carbocycles. The molecule has 0 spiro atoms. The van der Waals surface area contributed by atoms with Gasteiger partial charge >= 0.3 is 0 Å². The summed E-state index contributed by atoms with van der Waals surface area (Å²) in [6.45, 7) is 9.31. The van der Waals surface area contributed by atoms with Crippen LogP contribution in [0.5, 0.6) is 5.75 Å². The summed E-state index contributed by atoms with van der Waals surface area (Å²) in [6, 6.07) is 7.23. The first-order valence-electron chi connectivity index (χ1n) is 6.36. The summed E-state index contributed by atoms with van der Waals surface area (Å²) in [6.07, 6.45) is 0. The minimum atomic E-state index is 0.0988. The smallest absolute Gasteiger partial charge is 0.124 e. The minimum absolute atomic E-state index is 0.0988. The van der Waals surface area contributed by atoms with E-state index >= 15 is 0 Å². The van der Waals surface area contributed by atoms with Gasteiger partial charge in [0.2, 0.25) is 0 Å². The van der Waals surface area contributed by atoms with Crippen LogP contribution in [0, 0.1) is 6.92 Å². The predicted octanol–water partition coefficient (Wildman–Crippen LogP) is 3.71. The van der Waals surface area contributed by atoms with Crippen molar-refractivity contribution in [3.05, 3.63) is 34.8 Å². The third-order valence-electron chi connectivity index (χ3n) is 2.77. The van der Waals surface area contributed by atoms with Crippen LogP contribution in [0.2, 0.25) is 0 Å². The average molecular weight is 276 g/mol. The molecule has 0 aliphatic heterocycles. The van der Waals surface area contributed by atoms with Crippen LogP contribution in [0.3, 0.4) is 0 Å². The zero-order chi connectivity index (χ0) is 14.0. The predicted molar refractivity (Wildman–Crippen MR) is 80.5 cm³/mol. The Morgan fingerprint density at radius 3 is 2.68 bits per heavy atom. The SMILES string of the molecule is Cc1nc(-c2cccc(O)c2)sc1CNC(C)(C)C. The van der Waals surface area contributed by atoms with Gasteiger partial charge in [-0.3, -0.25) is 0 Å². The molecule has 2 rings (SSSR count). The molecule has 0 aliphatic rings. The van der Waals surface area contributed by atoms with Gasteiger partial charge < -0.3 is 10.4 Å². The van der Waals surface area contributed by atoms with Crippen molar-refractivity contribution in [3.63, 3.8) is 0 Å². The number of nitrogens with zero attached hydrogens (tertiary/aromatic N) is 1. The molecule has 2 aromatic rings. The largest absolute Gasteiger partial charge is 0.508 e. The highest BCUT2D eigenvalue weighted by Gasteiger charge is 2.13. The van der Waals surface area contributed by atoms with E-state index in [1.54, 1.807) is 23.5 Å². The first-order valence-corrected chi connectivity index (χ1v) is 7.17. The van der Waals surface area contributed by atoms with Gasteiger partial charge in [0.25, 0.3) is 0 Å². The molecular formula is C15H20N2OS. The second-order valence-corrected chi connectivity index (χ2v) is 6.77. The van der Waals surface area contributed by atoms with E-state index in [2.05, 4.69) is 31.1 Å². The van der Waals surface area contributed by atoms with Gasteiger partial charge in [-0.25, -0.2) is 4.98 Å². The fourth-order valence-electron chi connectivity index (χ4n) is 1.70. The van der Waals surface area contributed by atoms with E-state index in [9.17, 15) is 5.11 Å². The Morgan fingerprint density at radius 1 is 1.32 bits per heavy atom. The van der Waals surface area contributed by atoms with Gasteiger partial charge in [-0.05, 0) is 39.8 Å². The highest BCUT2D eigenvalue weighted by Crippen LogP contribution is 2.29. The third kappa shape index (κ3) is 3.78. The molecule has 2 N–H and O–H groups in total. The Kier molecular flexibility index (Phi) is 3.92. The second-order valence-electron chi connectivity index (χ2n) is 5.68. The molecule has 0 unspecified atom stereocenters. The summed E-state index contributed by atoms with van der Waals surface area (Å²) < 4.78 is 0. The number of thiazole rings is 1. The average Bonchev–Trinajstić information content (AvgIpc) is 2.67. The number of aromatic nitrogens is 1. The zero-order valence-electron chi connectivity index (χ0n) is 11.8. The van der Waals surface area contributed by atoms with Crippen LogP contribution in [0.1, 0.15) is 31.3 Å². The molecule has 0 atom stereocenters. The van der Waals surface area contributed by atoms with Gasteiger partial charge in [-0.15, -0.1) is 11.3 Å². The number of aromatic hydroxyl groups is 1. The van der Waals surface area contributed by atoms with Crippen molar-refractivity contribution in [2.24, 2.45) is 0 Å². The first kappa shape index (κ1) is 14.0. The summed E-state index contributed by atoms with van der Waals surface area (Å²) in [5, 5.41) is 14.0. The molecule has 0 fully saturated rings. The summed E-state index contributed by atoms with van der Waals surface area (Å²) in [5.74, 6) is 0.278. The van der Waals surface area contributed by atoms with Gasteiger partial charge in [-0.1, -0.05) is 12.1 Å². The van der Waals surface area contributed by atoms with Crippen molar-refractivity contribution in [1.29, 1.82) is 0 Å². The van der Waals surface area contributed by atoms with E-state index in [0.29, 0.717) is 0 Å². The van der Waals surface area contributed by atoms with Crippen molar-refractivity contribution >= 4 is 11.3 Å². The quantitative estimate of drug-likeness (QED) is 0.898. The minimum Gasteiger partial charge on any atom is -0.508 e. The van der Waals surface area contributed by atoms with Crippen LogP contribution < -0.4 is 5.32 Å². The summed E-state index contributed by atoms with van der Waals surface area (Å²) >= 11 is 1.68. The maximum atomic E-state index is 9.53. The van der Waals surface area contributed by atoms with E-state index in [-0.39, 0.29) is 11.3 Å². The summed E-state index contributed by atoms with van der Waals surface area (Å²) in [5.41, 5.74) is 2.12. The van der Waals surface area contributed by atoms with Gasteiger partial charge in [0.1, 0.15) is 10.8 Å². The molecule has 1 heterocycles. The lowest BCUT2D eigenvalue weighted by Gasteiger charge is -2.19. The van der Waals surface area contributed by atoms with Gasteiger partial charge in [-0.2, -0.15) is 0 Å². The molecule has 1 aromatic carbocycles. The van der Waals surface area contributed by atoms with Crippen molar-refractivity contribution < 1.29 is 5.11 Å². The Labute approximate surface area is 118 Å². The number of nitrogens with one attached hydrogen (secondary N) is 1. The number of hydrogen-bond acceptors (Lipinski definition) is 4. The summed E-state index contributed by atoms with van der Waals surface area (Å²) in [7, 11) is 0. The number of hydrogen-bond donors (Lipinski definition) is 2. The first-order chi connectivity index (χ1) is 8.85. The molecule has 3 nitrogen and oxygen atoms in total. The lowest BCUT2D eigenvalue weighted by Crippen LogP contribution is -2.34. The molecule has 102 valence electrons. The maximum absolute atomic E-state index is 9.53. The van der Waals surface area contributed by atoms with Gasteiger partial charge in [0.05, 0.1) is 5.69 Å². The van der Waals surface area contributed by atoms with Crippen molar-refractivity contribution in [2.45, 2.75) is 39.8 Å². The van der Waals surface area contributed by atoms with Crippen molar-refractivity contribution in [1.82, 2.24) is 10.3 Å². The molecular weight excluding hydrogens is 256 g/mol. The van der Waals surface area contributed by atoms with Crippen LogP contribution in [0.4, 0.5) is 0 Å². The number of aryl methyl sites for hydroxylation is 1. The van der Waals surface area contributed by atoms with E-state index in [0.717, 1.165) is 22.8 Å². The van der Waals surface area contributed by atoms with E-state index < -0.39 is 0 Å². The fraction of sp³-hybridized carbons (Fsp3) is 0.400. The van der Waals surface area contributed by atoms with E-state index in [1.807, 2.05) is 19.1 Å². The molecule has 19 heavy (non-hydrogen) atoms. The molecule has 0 saturated heterocycles. The molecule has 1 aromatic heterocycles. The number of phenolic OH excluding ortho intramolecular Hbond substituents is 1. The van der Waals surface area contributed by atoms with Crippen LogP contribution >= 0.6 is 11.3 Å². The fourth-order valence-corrected chi connectivity index (χ4v) is 2.70. The monoisotopic (exact) mass is 276 g/mol. The number of benzene rings is 1. The van der Waals surface area contributed by atoms with Crippen LogP contribution in [0.25, 0.3) is 10.6 Å². The Bertz CT molecular complexity index is 570. The van der Waals surface area contributed by atoms with Crippen molar-refractivity contribution in [3.8, 4) is 16.3 Å². The molecule has 0 amide bonds. The summed E-state index contributed by atoms with van der Waals surface area (Å²) in [4.78, 5) is 5.83. The van der Waals surface area contributed by atoms with E-state index in [1.165, 1.54) is 4.88 Å². The van der Waals surface area contributed by atoms with Crippen molar-refractivity contribution in [2.75, 3.05) is 0 Å². The van der Waals surface area contributed by atoms with E-state index in [4.69, 9.17) is 0 Å². The van der Waals surface area contributed by atoms with Gasteiger partial charge in [0.15, 0.2) is 0 Å². The third-order valence-corrected chi connectivity index (χ3v) is 3.97. The topological polar surface area (TPSA) is 45.2 Å². The molecule has 4 heteroatoms. The van der Waals surface area contributed by atoms with Crippen LogP contribution in [-0.2, 0) is 6.54 Å². The Hall–Kier alpha value is -1.39. The Morgan fingerprint density at radius 2 is 2.05 bits per heavy atom. The Balaban J connectivity index is 2.21. The molecule has 0 bridgehead atoms. The second kappa shape index (κ2) is 5.31. The van der Waals surface area contributed by atoms with Gasteiger partial charge in [0, 0.05) is 22.5 Å². The lowest BCUT2D eigenvalue weighted by molar-refractivity contribution is 0.425. The molecule has 0 saturated carbocycles. The number of phenols is 1. The number of rotatable bonds is 3. The van der Waals surface area contributed by atoms with Crippen LogP contribution in [-0.4, -0.2) is 15.6 Å². The standard InChI is InChI=1S/C15H20N2OS/c1-10-13(9-16-15(2,3)4)19-14(17-10)11-6-5-7-12(18)8-11/h5-8,16,18H,9H2,1-4H3.